The maximum absolute atomic E-state index is 12.0. The molecule has 3 amide bonds. The van der Waals surface area contributed by atoms with Crippen molar-refractivity contribution in [2.75, 3.05) is 13.1 Å². The lowest BCUT2D eigenvalue weighted by molar-refractivity contribution is -0.118. The predicted molar refractivity (Wildman–Crippen MR) is 73.5 cm³/mol. The summed E-state index contributed by atoms with van der Waals surface area (Å²) in [6.07, 6.45) is 0. The molecule has 21 heavy (non-hydrogen) atoms. The highest BCUT2D eigenvalue weighted by Gasteiger charge is 2.17. The van der Waals surface area contributed by atoms with Gasteiger partial charge in [0.1, 0.15) is 12.3 Å². The summed E-state index contributed by atoms with van der Waals surface area (Å²) in [6, 6.07) is 2.31. The average molecular weight is 297 g/mol. The van der Waals surface area contributed by atoms with Gasteiger partial charge in [-0.1, -0.05) is 13.8 Å². The molecule has 0 unspecified atom stereocenters. The minimum atomic E-state index is -1.18. The van der Waals surface area contributed by atoms with E-state index >= 15 is 0 Å². The average Bonchev–Trinajstić information content (AvgIpc) is 2.82. The lowest BCUT2D eigenvalue weighted by Gasteiger charge is -2.23. The first-order valence-corrected chi connectivity index (χ1v) is 6.42. The van der Waals surface area contributed by atoms with Crippen molar-refractivity contribution in [1.29, 1.82) is 0 Å². The fourth-order valence-corrected chi connectivity index (χ4v) is 1.71. The van der Waals surface area contributed by atoms with Gasteiger partial charge in [-0.05, 0) is 18.1 Å². The van der Waals surface area contributed by atoms with Gasteiger partial charge in [-0.15, -0.1) is 0 Å². The third-order valence-electron chi connectivity index (χ3n) is 2.51. The smallest absolute Gasteiger partial charge is 0.371 e. The fraction of sp³-hybridized carbons (Fsp3) is 0.462. The molecule has 1 aromatic heterocycles. The van der Waals surface area contributed by atoms with Crippen molar-refractivity contribution in [3.05, 3.63) is 23.7 Å². The number of carboxylic acids is 1. The molecule has 0 saturated heterocycles. The number of nitrogens with one attached hydrogen (secondary N) is 1. The number of carbonyl (C=O) groups excluding carboxylic acids is 2. The van der Waals surface area contributed by atoms with Gasteiger partial charge in [-0.25, -0.2) is 9.59 Å². The Balaban J connectivity index is 2.59. The minimum Gasteiger partial charge on any atom is -0.475 e. The molecule has 0 atom stereocenters. The maximum Gasteiger partial charge on any atom is 0.371 e. The Bertz CT molecular complexity index is 524. The van der Waals surface area contributed by atoms with Crippen LogP contribution in [0.25, 0.3) is 0 Å². The Morgan fingerprint density at radius 3 is 2.52 bits per heavy atom. The van der Waals surface area contributed by atoms with E-state index < -0.39 is 17.9 Å². The van der Waals surface area contributed by atoms with Crippen LogP contribution in [0.3, 0.4) is 0 Å². The zero-order valence-electron chi connectivity index (χ0n) is 12.0. The SMILES string of the molecule is CC(C)CN(CC(N)=O)C(=O)NCc1ccc(C(=O)O)o1. The van der Waals surface area contributed by atoms with Crippen molar-refractivity contribution < 1.29 is 23.9 Å². The fourth-order valence-electron chi connectivity index (χ4n) is 1.71. The van der Waals surface area contributed by atoms with Crippen molar-refractivity contribution in [2.45, 2.75) is 20.4 Å². The summed E-state index contributed by atoms with van der Waals surface area (Å²) in [4.78, 5) is 34.9. The van der Waals surface area contributed by atoms with E-state index in [-0.39, 0.29) is 24.8 Å². The Morgan fingerprint density at radius 2 is 2.05 bits per heavy atom. The van der Waals surface area contributed by atoms with Crippen LogP contribution in [0.4, 0.5) is 4.79 Å². The van der Waals surface area contributed by atoms with Crippen molar-refractivity contribution in [3.8, 4) is 0 Å². The first kappa shape index (κ1) is 16.5. The van der Waals surface area contributed by atoms with Gasteiger partial charge in [0, 0.05) is 6.54 Å². The van der Waals surface area contributed by atoms with Crippen molar-refractivity contribution >= 4 is 17.9 Å². The van der Waals surface area contributed by atoms with Crippen LogP contribution < -0.4 is 11.1 Å². The van der Waals surface area contributed by atoms with Crippen LogP contribution in [0.1, 0.15) is 30.2 Å². The van der Waals surface area contributed by atoms with Crippen LogP contribution in [0.2, 0.25) is 0 Å². The Labute approximate surface area is 121 Å². The molecular weight excluding hydrogens is 278 g/mol. The zero-order valence-corrected chi connectivity index (χ0v) is 12.0. The standard InChI is InChI=1S/C13H19N3O5/c1-8(2)6-16(7-11(14)17)13(20)15-5-9-3-4-10(21-9)12(18)19/h3-4,8H,5-7H2,1-2H3,(H2,14,17)(H,15,20)(H,18,19). The Morgan fingerprint density at radius 1 is 1.38 bits per heavy atom. The highest BCUT2D eigenvalue weighted by atomic mass is 16.4. The third-order valence-corrected chi connectivity index (χ3v) is 2.51. The first-order chi connectivity index (χ1) is 9.79. The molecule has 8 nitrogen and oxygen atoms in total. The summed E-state index contributed by atoms with van der Waals surface area (Å²) in [6.45, 7) is 4.05. The first-order valence-electron chi connectivity index (χ1n) is 6.42. The summed E-state index contributed by atoms with van der Waals surface area (Å²) >= 11 is 0. The number of nitrogens with zero attached hydrogens (tertiary/aromatic N) is 1. The second-order valence-electron chi connectivity index (χ2n) is 4.97. The number of hydrogen-bond acceptors (Lipinski definition) is 4. The lowest BCUT2D eigenvalue weighted by Crippen LogP contribution is -2.45. The summed E-state index contributed by atoms with van der Waals surface area (Å²) in [7, 11) is 0. The van der Waals surface area contributed by atoms with Crippen molar-refractivity contribution in [3.63, 3.8) is 0 Å². The van der Waals surface area contributed by atoms with Gasteiger partial charge in [0.05, 0.1) is 6.54 Å². The van der Waals surface area contributed by atoms with Crippen LogP contribution in [-0.2, 0) is 11.3 Å². The summed E-state index contributed by atoms with van der Waals surface area (Å²) in [5.74, 6) is -1.49. The van der Waals surface area contributed by atoms with Gasteiger partial charge >= 0.3 is 12.0 Å². The van der Waals surface area contributed by atoms with E-state index in [0.29, 0.717) is 12.3 Å². The van der Waals surface area contributed by atoms with E-state index in [0.717, 1.165) is 0 Å². The second kappa shape index (κ2) is 7.32. The molecule has 0 fully saturated rings. The molecule has 1 aromatic rings. The second-order valence-corrected chi connectivity index (χ2v) is 4.97. The molecule has 0 radical (unpaired) electrons. The normalized spacial score (nSPS) is 10.4. The minimum absolute atomic E-state index is 0.0273. The highest BCUT2D eigenvalue weighted by Crippen LogP contribution is 2.08. The van der Waals surface area contributed by atoms with E-state index in [1.54, 1.807) is 0 Å². The maximum atomic E-state index is 12.0. The van der Waals surface area contributed by atoms with Crippen LogP contribution in [0.15, 0.2) is 16.5 Å². The van der Waals surface area contributed by atoms with Gasteiger partial charge < -0.3 is 25.5 Å². The van der Waals surface area contributed by atoms with Gasteiger partial charge in [-0.2, -0.15) is 0 Å². The Hall–Kier alpha value is -2.51. The van der Waals surface area contributed by atoms with E-state index in [1.165, 1.54) is 17.0 Å². The van der Waals surface area contributed by atoms with Crippen LogP contribution in [0, 0.1) is 5.92 Å². The summed E-state index contributed by atoms with van der Waals surface area (Å²) < 4.78 is 5.01. The number of rotatable bonds is 7. The van der Waals surface area contributed by atoms with E-state index in [1.807, 2.05) is 13.8 Å². The molecule has 4 N–H and O–H groups in total. The van der Waals surface area contributed by atoms with Gasteiger partial charge in [0.15, 0.2) is 0 Å². The molecule has 0 aliphatic carbocycles. The largest absolute Gasteiger partial charge is 0.475 e. The number of amides is 3. The molecule has 0 saturated carbocycles. The lowest BCUT2D eigenvalue weighted by atomic mass is 10.2. The molecule has 0 bridgehead atoms. The quantitative estimate of drug-likeness (QED) is 0.680. The number of carbonyl (C=O) groups is 3. The predicted octanol–water partition coefficient (Wildman–Crippen LogP) is 0.631. The number of hydrogen-bond donors (Lipinski definition) is 3. The van der Waals surface area contributed by atoms with Gasteiger partial charge in [-0.3, -0.25) is 4.79 Å². The number of urea groups is 1. The highest BCUT2D eigenvalue weighted by molar-refractivity contribution is 5.84. The molecule has 8 heteroatoms. The van der Waals surface area contributed by atoms with Crippen molar-refractivity contribution in [2.24, 2.45) is 11.7 Å². The summed E-state index contributed by atoms with van der Waals surface area (Å²) in [5.41, 5.74) is 5.11. The monoisotopic (exact) mass is 297 g/mol. The number of primary amides is 1. The molecule has 0 aliphatic heterocycles. The van der Waals surface area contributed by atoms with Crippen LogP contribution >= 0.6 is 0 Å². The third kappa shape index (κ3) is 5.55. The summed E-state index contributed by atoms with van der Waals surface area (Å²) in [5, 5.41) is 11.3. The van der Waals surface area contributed by atoms with Crippen molar-refractivity contribution in [1.82, 2.24) is 10.2 Å². The number of nitrogens with two attached hydrogens (primary N) is 1. The molecule has 0 spiro atoms. The van der Waals surface area contributed by atoms with Crippen LogP contribution in [0.5, 0.6) is 0 Å². The number of furan rings is 1. The van der Waals surface area contributed by atoms with E-state index in [9.17, 15) is 14.4 Å². The molecule has 1 heterocycles. The molecule has 0 aliphatic rings. The number of aromatic carboxylic acids is 1. The van der Waals surface area contributed by atoms with E-state index in [2.05, 4.69) is 5.32 Å². The molecule has 0 aromatic carbocycles. The zero-order chi connectivity index (χ0) is 16.0. The molecule has 116 valence electrons. The molecular formula is C13H19N3O5. The molecule has 1 rings (SSSR count). The van der Waals surface area contributed by atoms with Gasteiger partial charge in [0.25, 0.3) is 0 Å². The van der Waals surface area contributed by atoms with Gasteiger partial charge in [0.2, 0.25) is 11.7 Å². The van der Waals surface area contributed by atoms with Crippen LogP contribution in [-0.4, -0.2) is 41.0 Å². The Kier molecular flexibility index (Phi) is 5.77. The number of carboxylic acid groups (broad SMARTS) is 1. The topological polar surface area (TPSA) is 126 Å². The van der Waals surface area contributed by atoms with E-state index in [4.69, 9.17) is 15.3 Å².